The SMILES string of the molecule is O=C(CCC(=O)Nc1ccccc1Cl)NNC(=O)COc1ccc(Br)cc1Cl. The summed E-state index contributed by atoms with van der Waals surface area (Å²) in [6.45, 7) is -0.339. The highest BCUT2D eigenvalue weighted by Crippen LogP contribution is 2.27. The Balaban J connectivity index is 1.66. The number of hydrazine groups is 1. The van der Waals surface area contributed by atoms with Crippen molar-refractivity contribution in [1.29, 1.82) is 0 Å². The summed E-state index contributed by atoms with van der Waals surface area (Å²) in [7, 11) is 0. The summed E-state index contributed by atoms with van der Waals surface area (Å²) in [6, 6.07) is 11.7. The van der Waals surface area contributed by atoms with Crippen LogP contribution in [0.5, 0.6) is 5.75 Å². The predicted octanol–water partition coefficient (Wildman–Crippen LogP) is 3.70. The third-order valence-corrected chi connectivity index (χ3v) is 4.44. The van der Waals surface area contributed by atoms with Crippen LogP contribution in [0.25, 0.3) is 0 Å². The highest BCUT2D eigenvalue weighted by Gasteiger charge is 2.11. The first-order valence-corrected chi connectivity index (χ1v) is 9.60. The molecule has 0 aliphatic heterocycles. The Morgan fingerprint density at radius 1 is 0.893 bits per heavy atom. The van der Waals surface area contributed by atoms with E-state index in [1.165, 1.54) is 0 Å². The van der Waals surface area contributed by atoms with E-state index < -0.39 is 11.8 Å². The molecule has 0 radical (unpaired) electrons. The van der Waals surface area contributed by atoms with Crippen LogP contribution in [0, 0.1) is 0 Å². The summed E-state index contributed by atoms with van der Waals surface area (Å²) in [5.74, 6) is -1.14. The van der Waals surface area contributed by atoms with Crippen LogP contribution in [0.1, 0.15) is 12.8 Å². The van der Waals surface area contributed by atoms with Gasteiger partial charge in [-0.25, -0.2) is 0 Å². The Labute approximate surface area is 179 Å². The molecular weight excluding hydrogens is 473 g/mol. The van der Waals surface area contributed by atoms with E-state index in [0.29, 0.717) is 21.5 Å². The van der Waals surface area contributed by atoms with Gasteiger partial charge in [0.25, 0.3) is 5.91 Å². The van der Waals surface area contributed by atoms with Gasteiger partial charge in [0.15, 0.2) is 6.61 Å². The number of ether oxygens (including phenoxy) is 1. The van der Waals surface area contributed by atoms with Gasteiger partial charge in [-0.2, -0.15) is 0 Å². The molecule has 0 unspecified atom stereocenters. The summed E-state index contributed by atoms with van der Waals surface area (Å²) in [4.78, 5) is 35.3. The molecule has 0 bridgehead atoms. The lowest BCUT2D eigenvalue weighted by atomic mass is 10.2. The van der Waals surface area contributed by atoms with Gasteiger partial charge in [-0.3, -0.25) is 25.2 Å². The molecule has 0 aliphatic carbocycles. The standard InChI is InChI=1S/C18H16BrCl2N3O4/c19-11-5-6-15(13(21)9-11)28-10-18(27)24-23-17(26)8-7-16(25)22-14-4-2-1-3-12(14)20/h1-6,9H,7-8,10H2,(H,22,25)(H,23,26)(H,24,27). The van der Waals surface area contributed by atoms with Crippen molar-refractivity contribution in [1.82, 2.24) is 10.9 Å². The molecular formula is C18H16BrCl2N3O4. The molecule has 0 saturated carbocycles. The number of amides is 3. The van der Waals surface area contributed by atoms with Crippen molar-refractivity contribution in [3.63, 3.8) is 0 Å². The second kappa shape index (κ2) is 10.9. The fourth-order valence-electron chi connectivity index (χ4n) is 1.98. The van der Waals surface area contributed by atoms with Gasteiger partial charge in [-0.05, 0) is 30.3 Å². The Morgan fingerprint density at radius 2 is 1.57 bits per heavy atom. The van der Waals surface area contributed by atoms with Gasteiger partial charge in [0.1, 0.15) is 5.75 Å². The first-order valence-electron chi connectivity index (χ1n) is 8.05. The Bertz CT molecular complexity index is 880. The largest absolute Gasteiger partial charge is 0.482 e. The molecule has 0 aliphatic rings. The highest BCUT2D eigenvalue weighted by molar-refractivity contribution is 9.10. The smallest absolute Gasteiger partial charge is 0.276 e. The van der Waals surface area contributed by atoms with E-state index in [2.05, 4.69) is 32.1 Å². The van der Waals surface area contributed by atoms with Crippen LogP contribution in [0.4, 0.5) is 5.69 Å². The molecule has 0 heterocycles. The van der Waals surface area contributed by atoms with Gasteiger partial charge in [-0.15, -0.1) is 0 Å². The van der Waals surface area contributed by atoms with Crippen LogP contribution in [-0.4, -0.2) is 24.3 Å². The van der Waals surface area contributed by atoms with Crippen LogP contribution in [0.2, 0.25) is 10.0 Å². The Kier molecular flexibility index (Phi) is 8.56. The zero-order valence-corrected chi connectivity index (χ0v) is 17.5. The number of para-hydroxylation sites is 1. The van der Waals surface area contributed by atoms with E-state index >= 15 is 0 Å². The molecule has 148 valence electrons. The predicted molar refractivity (Wildman–Crippen MR) is 110 cm³/mol. The van der Waals surface area contributed by atoms with E-state index in [0.717, 1.165) is 4.47 Å². The minimum Gasteiger partial charge on any atom is -0.482 e. The van der Waals surface area contributed by atoms with E-state index in [-0.39, 0.29) is 25.4 Å². The molecule has 0 atom stereocenters. The molecule has 28 heavy (non-hydrogen) atoms. The van der Waals surface area contributed by atoms with Gasteiger partial charge in [0.2, 0.25) is 11.8 Å². The summed E-state index contributed by atoms with van der Waals surface area (Å²) in [5, 5.41) is 3.35. The number of anilines is 1. The van der Waals surface area contributed by atoms with E-state index in [9.17, 15) is 14.4 Å². The van der Waals surface area contributed by atoms with Crippen molar-refractivity contribution >= 4 is 62.5 Å². The van der Waals surface area contributed by atoms with Crippen LogP contribution in [0.3, 0.4) is 0 Å². The van der Waals surface area contributed by atoms with Crippen LogP contribution >= 0.6 is 39.1 Å². The van der Waals surface area contributed by atoms with Crippen LogP contribution < -0.4 is 20.9 Å². The quantitative estimate of drug-likeness (QED) is 0.517. The van der Waals surface area contributed by atoms with Crippen LogP contribution in [0.15, 0.2) is 46.9 Å². The zero-order chi connectivity index (χ0) is 20.5. The molecule has 2 rings (SSSR count). The monoisotopic (exact) mass is 487 g/mol. The highest BCUT2D eigenvalue weighted by atomic mass is 79.9. The molecule has 2 aromatic carbocycles. The molecule has 2 aromatic rings. The third-order valence-electron chi connectivity index (χ3n) is 3.32. The second-order valence-electron chi connectivity index (χ2n) is 5.49. The van der Waals surface area contributed by atoms with Crippen molar-refractivity contribution < 1.29 is 19.1 Å². The summed E-state index contributed by atoms with van der Waals surface area (Å²) in [6.07, 6.45) is -0.187. The second-order valence-corrected chi connectivity index (χ2v) is 7.22. The Morgan fingerprint density at radius 3 is 2.29 bits per heavy atom. The van der Waals surface area contributed by atoms with Crippen molar-refractivity contribution in [3.05, 3.63) is 57.0 Å². The number of benzene rings is 2. The lowest BCUT2D eigenvalue weighted by Gasteiger charge is -2.10. The van der Waals surface area contributed by atoms with Gasteiger partial charge in [0, 0.05) is 17.3 Å². The molecule has 0 aromatic heterocycles. The number of nitrogens with one attached hydrogen (secondary N) is 3. The normalized spacial score (nSPS) is 10.1. The fraction of sp³-hybridized carbons (Fsp3) is 0.167. The number of carbonyl (C=O) groups excluding carboxylic acids is 3. The van der Waals surface area contributed by atoms with Crippen molar-refractivity contribution in [2.45, 2.75) is 12.8 Å². The zero-order valence-electron chi connectivity index (χ0n) is 14.4. The number of hydrogen-bond donors (Lipinski definition) is 3. The number of halogens is 3. The van der Waals surface area contributed by atoms with E-state index in [4.69, 9.17) is 27.9 Å². The average Bonchev–Trinajstić information content (AvgIpc) is 2.66. The summed E-state index contributed by atoms with van der Waals surface area (Å²) >= 11 is 15.2. The maximum absolute atomic E-state index is 11.8. The Hall–Kier alpha value is -2.29. The molecule has 0 fully saturated rings. The van der Waals surface area contributed by atoms with E-state index in [1.807, 2.05) is 0 Å². The maximum atomic E-state index is 11.8. The topological polar surface area (TPSA) is 96.5 Å². The molecule has 0 saturated heterocycles. The van der Waals surface area contributed by atoms with Crippen molar-refractivity contribution in [2.75, 3.05) is 11.9 Å². The maximum Gasteiger partial charge on any atom is 0.276 e. The lowest BCUT2D eigenvalue weighted by Crippen LogP contribution is -2.44. The van der Waals surface area contributed by atoms with Gasteiger partial charge in [0.05, 0.1) is 15.7 Å². The number of hydrogen-bond acceptors (Lipinski definition) is 4. The minimum atomic E-state index is -0.576. The molecule has 3 N–H and O–H groups in total. The van der Waals surface area contributed by atoms with Gasteiger partial charge in [-0.1, -0.05) is 51.3 Å². The first-order chi connectivity index (χ1) is 13.3. The summed E-state index contributed by atoms with van der Waals surface area (Å²) in [5.41, 5.74) is 4.87. The molecule has 3 amide bonds. The van der Waals surface area contributed by atoms with E-state index in [1.54, 1.807) is 42.5 Å². The molecule has 7 nitrogen and oxygen atoms in total. The summed E-state index contributed by atoms with van der Waals surface area (Å²) < 4.78 is 6.05. The fourth-order valence-corrected chi connectivity index (χ4v) is 2.89. The van der Waals surface area contributed by atoms with Crippen molar-refractivity contribution in [2.24, 2.45) is 0 Å². The molecule has 0 spiro atoms. The lowest BCUT2D eigenvalue weighted by molar-refractivity contribution is -0.130. The number of rotatable bonds is 7. The number of carbonyl (C=O) groups is 3. The first kappa shape index (κ1) is 22.0. The average molecular weight is 489 g/mol. The van der Waals surface area contributed by atoms with Crippen LogP contribution in [-0.2, 0) is 14.4 Å². The van der Waals surface area contributed by atoms with Crippen molar-refractivity contribution in [3.8, 4) is 5.75 Å². The van der Waals surface area contributed by atoms with Gasteiger partial charge < -0.3 is 10.1 Å². The third kappa shape index (κ3) is 7.38. The van der Waals surface area contributed by atoms with Gasteiger partial charge >= 0.3 is 0 Å². The molecule has 10 heteroatoms. The minimum absolute atomic E-state index is 0.0715.